The van der Waals surface area contributed by atoms with E-state index < -0.39 is 0 Å². The van der Waals surface area contributed by atoms with Crippen molar-refractivity contribution >= 4 is 26.8 Å². The predicted molar refractivity (Wildman–Crippen MR) is 75.0 cm³/mol. The van der Waals surface area contributed by atoms with Crippen molar-refractivity contribution in [2.24, 2.45) is 7.05 Å². The number of hydrogen-bond donors (Lipinski definition) is 0. The SMILES string of the molecule is Cc1nn(C)c2nc(N(C)C[C@@H]3COCCO3)sc12. The average molecular weight is 282 g/mol. The largest absolute Gasteiger partial charge is 0.376 e. The number of thiazole rings is 1. The minimum atomic E-state index is 0.130. The normalized spacial score (nSPS) is 20.1. The van der Waals surface area contributed by atoms with Gasteiger partial charge in [-0.25, -0.2) is 9.67 Å². The molecule has 0 unspecified atom stereocenters. The van der Waals surface area contributed by atoms with E-state index in [2.05, 4.69) is 15.0 Å². The first kappa shape index (κ1) is 12.8. The van der Waals surface area contributed by atoms with Crippen LogP contribution in [0.4, 0.5) is 5.13 Å². The van der Waals surface area contributed by atoms with Gasteiger partial charge < -0.3 is 14.4 Å². The van der Waals surface area contributed by atoms with E-state index in [1.165, 1.54) is 0 Å². The summed E-state index contributed by atoms with van der Waals surface area (Å²) in [6.07, 6.45) is 0.130. The summed E-state index contributed by atoms with van der Waals surface area (Å²) < 4.78 is 14.1. The van der Waals surface area contributed by atoms with Crippen LogP contribution in [-0.2, 0) is 16.5 Å². The summed E-state index contributed by atoms with van der Waals surface area (Å²) in [7, 11) is 3.97. The molecule has 19 heavy (non-hydrogen) atoms. The Balaban J connectivity index is 1.77. The first-order valence-corrected chi connectivity index (χ1v) is 7.17. The lowest BCUT2D eigenvalue weighted by Gasteiger charge is -2.27. The molecule has 0 radical (unpaired) electrons. The van der Waals surface area contributed by atoms with Crippen LogP contribution >= 0.6 is 11.3 Å². The second-order valence-electron chi connectivity index (χ2n) is 4.81. The van der Waals surface area contributed by atoms with Crippen LogP contribution in [0.2, 0.25) is 0 Å². The van der Waals surface area contributed by atoms with Gasteiger partial charge in [0.2, 0.25) is 0 Å². The first-order valence-electron chi connectivity index (χ1n) is 6.36. The van der Waals surface area contributed by atoms with Crippen LogP contribution < -0.4 is 4.90 Å². The molecule has 104 valence electrons. The fraction of sp³-hybridized carbons (Fsp3) is 0.667. The molecule has 2 aromatic rings. The third kappa shape index (κ3) is 2.45. The number of aryl methyl sites for hydroxylation is 2. The highest BCUT2D eigenvalue weighted by Crippen LogP contribution is 2.30. The molecule has 0 aromatic carbocycles. The fourth-order valence-corrected chi connectivity index (χ4v) is 3.27. The fourth-order valence-electron chi connectivity index (χ4n) is 2.26. The maximum absolute atomic E-state index is 5.67. The van der Waals surface area contributed by atoms with Gasteiger partial charge in [-0.3, -0.25) is 0 Å². The summed E-state index contributed by atoms with van der Waals surface area (Å²) >= 11 is 1.68. The van der Waals surface area contributed by atoms with Crippen molar-refractivity contribution in [1.29, 1.82) is 0 Å². The van der Waals surface area contributed by atoms with Gasteiger partial charge >= 0.3 is 0 Å². The van der Waals surface area contributed by atoms with Gasteiger partial charge in [-0.1, -0.05) is 11.3 Å². The molecule has 0 N–H and O–H groups in total. The molecule has 0 saturated carbocycles. The minimum Gasteiger partial charge on any atom is -0.376 e. The number of fused-ring (bicyclic) bond motifs is 1. The molecular formula is C12H18N4O2S. The quantitative estimate of drug-likeness (QED) is 0.846. The summed E-state index contributed by atoms with van der Waals surface area (Å²) in [5.74, 6) is 0. The van der Waals surface area contributed by atoms with Gasteiger partial charge in [0, 0.05) is 20.6 Å². The highest BCUT2D eigenvalue weighted by Gasteiger charge is 2.20. The summed E-state index contributed by atoms with van der Waals surface area (Å²) in [6.45, 7) is 4.86. The highest BCUT2D eigenvalue weighted by molar-refractivity contribution is 7.22. The lowest BCUT2D eigenvalue weighted by Crippen LogP contribution is -2.38. The lowest BCUT2D eigenvalue weighted by molar-refractivity contribution is -0.0837. The molecule has 0 bridgehead atoms. The van der Waals surface area contributed by atoms with E-state index in [4.69, 9.17) is 9.47 Å². The van der Waals surface area contributed by atoms with E-state index >= 15 is 0 Å². The predicted octanol–water partition coefficient (Wildman–Crippen LogP) is 1.19. The van der Waals surface area contributed by atoms with Crippen LogP contribution in [0, 0.1) is 6.92 Å². The molecule has 1 saturated heterocycles. The zero-order valence-corrected chi connectivity index (χ0v) is 12.2. The number of nitrogens with zero attached hydrogens (tertiary/aromatic N) is 4. The highest BCUT2D eigenvalue weighted by atomic mass is 32.1. The monoisotopic (exact) mass is 282 g/mol. The summed E-state index contributed by atoms with van der Waals surface area (Å²) in [5, 5.41) is 5.37. The van der Waals surface area contributed by atoms with Gasteiger partial charge in [0.1, 0.15) is 0 Å². The summed E-state index contributed by atoms with van der Waals surface area (Å²) in [5.41, 5.74) is 1.98. The number of aromatic nitrogens is 3. The third-order valence-electron chi connectivity index (χ3n) is 3.22. The zero-order valence-electron chi connectivity index (χ0n) is 11.4. The van der Waals surface area contributed by atoms with Gasteiger partial charge in [0.05, 0.1) is 36.3 Å². The molecule has 0 amide bonds. The van der Waals surface area contributed by atoms with E-state index in [1.54, 1.807) is 11.3 Å². The number of rotatable bonds is 3. The Morgan fingerprint density at radius 3 is 3.00 bits per heavy atom. The standard InChI is InChI=1S/C12H18N4O2S/c1-8-10-11(16(3)14-8)13-12(19-10)15(2)6-9-7-17-4-5-18-9/h9H,4-7H2,1-3H3/t9-/m1/s1. The van der Waals surface area contributed by atoms with Crippen molar-refractivity contribution in [2.75, 3.05) is 38.3 Å². The van der Waals surface area contributed by atoms with Crippen molar-refractivity contribution in [3.05, 3.63) is 5.69 Å². The molecule has 3 rings (SSSR count). The molecule has 1 aliphatic rings. The van der Waals surface area contributed by atoms with E-state index in [0.717, 1.165) is 27.7 Å². The van der Waals surface area contributed by atoms with Gasteiger partial charge in [0.25, 0.3) is 0 Å². The Labute approximate surface area is 115 Å². The van der Waals surface area contributed by atoms with Crippen LogP contribution in [0.25, 0.3) is 10.3 Å². The van der Waals surface area contributed by atoms with Crippen molar-refractivity contribution in [1.82, 2.24) is 14.8 Å². The zero-order chi connectivity index (χ0) is 13.4. The average Bonchev–Trinajstić information content (AvgIpc) is 2.94. The van der Waals surface area contributed by atoms with Crippen molar-refractivity contribution in [2.45, 2.75) is 13.0 Å². The van der Waals surface area contributed by atoms with Crippen LogP contribution in [0.5, 0.6) is 0 Å². The smallest absolute Gasteiger partial charge is 0.187 e. The van der Waals surface area contributed by atoms with Crippen LogP contribution in [0.1, 0.15) is 5.69 Å². The first-order chi connectivity index (χ1) is 9.15. The van der Waals surface area contributed by atoms with Crippen LogP contribution in [0.15, 0.2) is 0 Å². The van der Waals surface area contributed by atoms with E-state index in [0.29, 0.717) is 19.8 Å². The molecule has 7 heteroatoms. The molecule has 3 heterocycles. The molecule has 2 aromatic heterocycles. The number of hydrogen-bond acceptors (Lipinski definition) is 6. The molecule has 6 nitrogen and oxygen atoms in total. The van der Waals surface area contributed by atoms with Gasteiger partial charge in [-0.05, 0) is 6.92 Å². The molecule has 0 aliphatic carbocycles. The van der Waals surface area contributed by atoms with E-state index in [1.807, 2.05) is 25.7 Å². The Kier molecular flexibility index (Phi) is 3.42. The van der Waals surface area contributed by atoms with Crippen LogP contribution in [0.3, 0.4) is 0 Å². The van der Waals surface area contributed by atoms with Crippen molar-refractivity contribution in [3.63, 3.8) is 0 Å². The Bertz CT molecular complexity index is 539. The van der Waals surface area contributed by atoms with E-state index in [9.17, 15) is 0 Å². The molecule has 0 spiro atoms. The summed E-state index contributed by atoms with van der Waals surface area (Å²) in [6, 6.07) is 0. The number of likely N-dealkylation sites (N-methyl/N-ethyl adjacent to an activating group) is 1. The Hall–Kier alpha value is -1.18. The van der Waals surface area contributed by atoms with E-state index in [-0.39, 0.29) is 6.10 Å². The van der Waals surface area contributed by atoms with Gasteiger partial charge in [0.15, 0.2) is 10.8 Å². The number of anilines is 1. The van der Waals surface area contributed by atoms with Gasteiger partial charge in [-0.15, -0.1) is 0 Å². The topological polar surface area (TPSA) is 52.4 Å². The lowest BCUT2D eigenvalue weighted by atomic mass is 10.3. The van der Waals surface area contributed by atoms with Crippen molar-refractivity contribution in [3.8, 4) is 0 Å². The van der Waals surface area contributed by atoms with Crippen molar-refractivity contribution < 1.29 is 9.47 Å². The molecule has 1 atom stereocenters. The third-order valence-corrected chi connectivity index (χ3v) is 4.49. The number of ether oxygens (including phenoxy) is 2. The maximum atomic E-state index is 5.67. The maximum Gasteiger partial charge on any atom is 0.187 e. The molecule has 1 aliphatic heterocycles. The second-order valence-corrected chi connectivity index (χ2v) is 5.78. The molecule has 1 fully saturated rings. The molecular weight excluding hydrogens is 264 g/mol. The Morgan fingerprint density at radius 2 is 2.32 bits per heavy atom. The minimum absolute atomic E-state index is 0.130. The van der Waals surface area contributed by atoms with Crippen LogP contribution in [-0.4, -0.2) is 54.3 Å². The Morgan fingerprint density at radius 1 is 1.47 bits per heavy atom. The van der Waals surface area contributed by atoms with Gasteiger partial charge in [-0.2, -0.15) is 5.10 Å². The summed E-state index contributed by atoms with van der Waals surface area (Å²) in [4.78, 5) is 6.78. The second kappa shape index (κ2) is 5.07.